The van der Waals surface area contributed by atoms with Crippen LogP contribution in [-0.2, 0) is 6.42 Å². The van der Waals surface area contributed by atoms with Gasteiger partial charge in [0.15, 0.2) is 0 Å². The number of halogens is 1. The van der Waals surface area contributed by atoms with Crippen LogP contribution in [0, 0.1) is 12.7 Å². The van der Waals surface area contributed by atoms with Crippen LogP contribution in [0.4, 0.5) is 10.1 Å². The maximum Gasteiger partial charge on any atom is 0.255 e. The number of rotatable bonds is 5. The van der Waals surface area contributed by atoms with Crippen LogP contribution in [0.3, 0.4) is 0 Å². The zero-order valence-corrected chi connectivity index (χ0v) is 12.4. The Morgan fingerprint density at radius 3 is 2.48 bits per heavy atom. The van der Waals surface area contributed by atoms with Gasteiger partial charge in [-0.05, 0) is 61.2 Å². The van der Waals surface area contributed by atoms with Crippen LogP contribution >= 0.6 is 0 Å². The second-order valence-corrected chi connectivity index (χ2v) is 5.21. The van der Waals surface area contributed by atoms with Gasteiger partial charge in [-0.1, -0.05) is 25.5 Å². The summed E-state index contributed by atoms with van der Waals surface area (Å²) in [5.41, 5.74) is 3.15. The Hall–Kier alpha value is -2.16. The maximum atomic E-state index is 13.1. The predicted molar refractivity (Wildman–Crippen MR) is 84.1 cm³/mol. The lowest BCUT2D eigenvalue weighted by molar-refractivity contribution is 0.102. The molecule has 0 saturated heterocycles. The first-order valence-corrected chi connectivity index (χ1v) is 7.26. The van der Waals surface area contributed by atoms with Gasteiger partial charge in [0.05, 0.1) is 0 Å². The molecule has 0 saturated carbocycles. The van der Waals surface area contributed by atoms with Gasteiger partial charge in [-0.2, -0.15) is 0 Å². The molecule has 0 atom stereocenters. The normalized spacial score (nSPS) is 10.4. The predicted octanol–water partition coefficient (Wildman–Crippen LogP) is 4.73. The van der Waals surface area contributed by atoms with E-state index >= 15 is 0 Å². The number of benzene rings is 2. The molecule has 2 aromatic rings. The molecule has 1 N–H and O–H groups in total. The molecule has 0 aromatic heterocycles. The van der Waals surface area contributed by atoms with E-state index in [2.05, 4.69) is 12.2 Å². The monoisotopic (exact) mass is 285 g/mol. The first kappa shape index (κ1) is 15.2. The van der Waals surface area contributed by atoms with Crippen molar-refractivity contribution in [2.75, 3.05) is 5.32 Å². The van der Waals surface area contributed by atoms with E-state index in [0.717, 1.165) is 12.1 Å². The molecule has 0 unspecified atom stereocenters. The van der Waals surface area contributed by atoms with E-state index in [9.17, 15) is 9.18 Å². The van der Waals surface area contributed by atoms with Crippen molar-refractivity contribution < 1.29 is 9.18 Å². The van der Waals surface area contributed by atoms with E-state index in [1.54, 1.807) is 6.92 Å². The van der Waals surface area contributed by atoms with Gasteiger partial charge in [-0.25, -0.2) is 4.39 Å². The van der Waals surface area contributed by atoms with Crippen LogP contribution in [0.25, 0.3) is 0 Å². The molecule has 0 bridgehead atoms. The third kappa shape index (κ3) is 4.15. The fourth-order valence-corrected chi connectivity index (χ4v) is 2.22. The Balaban J connectivity index is 2.05. The van der Waals surface area contributed by atoms with Crippen LogP contribution in [0.1, 0.15) is 41.3 Å². The van der Waals surface area contributed by atoms with Gasteiger partial charge in [-0.3, -0.25) is 4.79 Å². The number of hydrogen-bond donors (Lipinski definition) is 1. The lowest BCUT2D eigenvalue weighted by atomic mass is 10.1. The topological polar surface area (TPSA) is 29.1 Å². The van der Waals surface area contributed by atoms with E-state index in [-0.39, 0.29) is 11.7 Å². The van der Waals surface area contributed by atoms with Gasteiger partial charge in [0.2, 0.25) is 0 Å². The van der Waals surface area contributed by atoms with Crippen molar-refractivity contribution in [1.29, 1.82) is 0 Å². The number of carbonyl (C=O) groups is 1. The maximum absolute atomic E-state index is 13.1. The molecule has 2 nitrogen and oxygen atoms in total. The molecule has 3 heteroatoms. The molecule has 0 spiro atoms. The quantitative estimate of drug-likeness (QED) is 0.845. The Kier molecular flexibility index (Phi) is 5.09. The van der Waals surface area contributed by atoms with Crippen LogP contribution in [-0.4, -0.2) is 5.91 Å². The van der Waals surface area contributed by atoms with Crippen LogP contribution in [0.5, 0.6) is 0 Å². The molecular weight excluding hydrogens is 265 g/mol. The molecule has 2 rings (SSSR count). The molecule has 0 heterocycles. The number of aryl methyl sites for hydroxylation is 2. The zero-order valence-electron chi connectivity index (χ0n) is 12.4. The summed E-state index contributed by atoms with van der Waals surface area (Å²) >= 11 is 0. The Morgan fingerprint density at radius 1 is 1.14 bits per heavy atom. The lowest BCUT2D eigenvalue weighted by Gasteiger charge is -2.08. The third-order valence-electron chi connectivity index (χ3n) is 3.46. The summed E-state index contributed by atoms with van der Waals surface area (Å²) in [6.45, 7) is 3.89. The summed E-state index contributed by atoms with van der Waals surface area (Å²) < 4.78 is 13.1. The minimum Gasteiger partial charge on any atom is -0.322 e. The average Bonchev–Trinajstić information content (AvgIpc) is 2.46. The van der Waals surface area contributed by atoms with Crippen molar-refractivity contribution in [2.45, 2.75) is 33.1 Å². The Morgan fingerprint density at radius 2 is 1.86 bits per heavy atom. The largest absolute Gasteiger partial charge is 0.322 e. The van der Waals surface area contributed by atoms with E-state index in [1.165, 1.54) is 36.6 Å². The highest BCUT2D eigenvalue weighted by Crippen LogP contribution is 2.15. The standard InChI is InChI=1S/C18H20FNO/c1-3-4-5-14-6-9-16(10-7-14)20-18(21)17-11-8-15(19)12-13(17)2/h6-12H,3-5H2,1-2H3,(H,20,21). The number of carbonyl (C=O) groups excluding carboxylic acids is 1. The molecular formula is C18H20FNO. The van der Waals surface area contributed by atoms with Gasteiger partial charge in [0, 0.05) is 11.3 Å². The molecule has 1 amide bonds. The first-order valence-electron chi connectivity index (χ1n) is 7.26. The van der Waals surface area contributed by atoms with Crippen molar-refractivity contribution in [3.63, 3.8) is 0 Å². The molecule has 0 aliphatic carbocycles. The summed E-state index contributed by atoms with van der Waals surface area (Å²) in [4.78, 5) is 12.2. The number of hydrogen-bond acceptors (Lipinski definition) is 1. The molecule has 0 radical (unpaired) electrons. The SMILES string of the molecule is CCCCc1ccc(NC(=O)c2ccc(F)cc2C)cc1. The average molecular weight is 285 g/mol. The Bertz CT molecular complexity index is 620. The highest BCUT2D eigenvalue weighted by atomic mass is 19.1. The van der Waals surface area contributed by atoms with E-state index in [4.69, 9.17) is 0 Å². The van der Waals surface area contributed by atoms with Crippen molar-refractivity contribution >= 4 is 11.6 Å². The summed E-state index contributed by atoms with van der Waals surface area (Å²) in [5, 5.41) is 2.84. The van der Waals surface area contributed by atoms with Crippen molar-refractivity contribution in [2.24, 2.45) is 0 Å². The zero-order chi connectivity index (χ0) is 15.2. The first-order chi connectivity index (χ1) is 10.1. The second-order valence-electron chi connectivity index (χ2n) is 5.21. The van der Waals surface area contributed by atoms with Gasteiger partial charge in [-0.15, -0.1) is 0 Å². The summed E-state index contributed by atoms with van der Waals surface area (Å²) in [6.07, 6.45) is 3.39. The highest BCUT2D eigenvalue weighted by Gasteiger charge is 2.09. The van der Waals surface area contributed by atoms with Gasteiger partial charge < -0.3 is 5.32 Å². The second kappa shape index (κ2) is 7.02. The molecule has 110 valence electrons. The third-order valence-corrected chi connectivity index (χ3v) is 3.46. The van der Waals surface area contributed by atoms with E-state index < -0.39 is 0 Å². The highest BCUT2D eigenvalue weighted by molar-refractivity contribution is 6.05. The molecule has 0 fully saturated rings. The lowest BCUT2D eigenvalue weighted by Crippen LogP contribution is -2.13. The molecule has 2 aromatic carbocycles. The summed E-state index contributed by atoms with van der Waals surface area (Å²) in [7, 11) is 0. The molecule has 21 heavy (non-hydrogen) atoms. The number of anilines is 1. The van der Waals surface area contributed by atoms with Crippen molar-refractivity contribution in [3.05, 3.63) is 65.0 Å². The van der Waals surface area contributed by atoms with Crippen molar-refractivity contribution in [1.82, 2.24) is 0 Å². The fraction of sp³-hybridized carbons (Fsp3) is 0.278. The van der Waals surface area contributed by atoms with Crippen LogP contribution < -0.4 is 5.32 Å². The van der Waals surface area contributed by atoms with Crippen molar-refractivity contribution in [3.8, 4) is 0 Å². The minimum atomic E-state index is -0.329. The fourth-order valence-electron chi connectivity index (χ4n) is 2.22. The smallest absolute Gasteiger partial charge is 0.255 e. The van der Waals surface area contributed by atoms with Crippen LogP contribution in [0.15, 0.2) is 42.5 Å². The van der Waals surface area contributed by atoms with E-state index in [0.29, 0.717) is 11.1 Å². The number of nitrogens with one attached hydrogen (secondary N) is 1. The van der Waals surface area contributed by atoms with E-state index in [1.807, 2.05) is 24.3 Å². The molecule has 0 aliphatic heterocycles. The number of amides is 1. The van der Waals surface area contributed by atoms with Gasteiger partial charge >= 0.3 is 0 Å². The molecule has 0 aliphatic rings. The summed E-state index contributed by atoms with van der Waals surface area (Å²) in [6, 6.07) is 12.0. The van der Waals surface area contributed by atoms with Gasteiger partial charge in [0.1, 0.15) is 5.82 Å². The minimum absolute atomic E-state index is 0.214. The summed E-state index contributed by atoms with van der Waals surface area (Å²) in [5.74, 6) is -0.543. The van der Waals surface area contributed by atoms with Gasteiger partial charge in [0.25, 0.3) is 5.91 Å². The van der Waals surface area contributed by atoms with Crippen LogP contribution in [0.2, 0.25) is 0 Å². The number of unbranched alkanes of at least 4 members (excludes halogenated alkanes) is 1. The Labute approximate surface area is 125 Å².